The molecule has 6 rings (SSSR count). The molecule has 0 aliphatic heterocycles. The van der Waals surface area contributed by atoms with E-state index in [4.69, 9.17) is 28.5 Å². The first kappa shape index (κ1) is 33.8. The Morgan fingerprint density at radius 3 is 2.44 bits per heavy atom. The fourth-order valence-corrected chi connectivity index (χ4v) is 5.17. The van der Waals surface area contributed by atoms with Gasteiger partial charge in [0.1, 0.15) is 24.7 Å². The monoisotopic (exact) mass is 673 g/mol. The lowest BCUT2D eigenvalue weighted by molar-refractivity contribution is -0.142. The quantitative estimate of drug-likeness (QED) is 0.102. The molecule has 0 bridgehead atoms. The highest BCUT2D eigenvalue weighted by Gasteiger charge is 2.16. The van der Waals surface area contributed by atoms with Crippen LogP contribution >= 0.6 is 0 Å². The number of para-hydroxylation sites is 1. The maximum Gasteiger partial charge on any atom is 0.310 e. The number of oxazole rings is 1. The van der Waals surface area contributed by atoms with Gasteiger partial charge in [-0.1, -0.05) is 36.4 Å². The van der Waals surface area contributed by atoms with Crippen molar-refractivity contribution in [1.82, 2.24) is 24.3 Å². The molecule has 11 nitrogen and oxygen atoms in total. The number of rotatable bonds is 15. The molecule has 3 heterocycles. The van der Waals surface area contributed by atoms with Crippen LogP contribution in [-0.4, -0.2) is 44.0 Å². The van der Waals surface area contributed by atoms with Crippen molar-refractivity contribution in [3.63, 3.8) is 0 Å². The Morgan fingerprint density at radius 1 is 0.900 bits per heavy atom. The molecule has 0 radical (unpaired) electrons. The molecule has 3 aromatic carbocycles. The summed E-state index contributed by atoms with van der Waals surface area (Å²) in [5.74, 6) is 2.48. The lowest BCUT2D eigenvalue weighted by Crippen LogP contribution is -2.07. The standard InChI is InChI=1S/C39H39N5O6/c1-5-43-23-32(40-26-43)18-17-31-22-44(33-10-8-7-9-11-33)42-39(31)49-24-29-14-19-35(36(20-29)46-4)48-25-34-27(3)50-38(41-34)30-15-12-28(13-16-30)21-37(45)47-6-2/h7-20,22-23,26H,5-6,21,24-25H2,1-4H3. The summed E-state index contributed by atoms with van der Waals surface area (Å²) in [4.78, 5) is 20.9. The molecule has 0 unspecified atom stereocenters. The van der Waals surface area contributed by atoms with Gasteiger partial charge in [-0.15, -0.1) is 5.10 Å². The molecule has 0 fully saturated rings. The second-order valence-electron chi connectivity index (χ2n) is 11.4. The topological polar surface area (TPSA) is 116 Å². The molecule has 6 aromatic rings. The van der Waals surface area contributed by atoms with Crippen molar-refractivity contribution in [1.29, 1.82) is 0 Å². The lowest BCUT2D eigenvalue weighted by atomic mass is 10.1. The Labute approximate surface area is 290 Å². The third-order valence-electron chi connectivity index (χ3n) is 7.89. The first-order chi connectivity index (χ1) is 24.4. The number of imidazole rings is 1. The van der Waals surface area contributed by atoms with Crippen molar-refractivity contribution < 1.29 is 28.2 Å². The van der Waals surface area contributed by atoms with Gasteiger partial charge in [0.15, 0.2) is 11.5 Å². The van der Waals surface area contributed by atoms with Gasteiger partial charge in [0.2, 0.25) is 11.8 Å². The summed E-state index contributed by atoms with van der Waals surface area (Å²) in [5.41, 5.74) is 5.80. The van der Waals surface area contributed by atoms with Crippen LogP contribution in [0.15, 0.2) is 95.9 Å². The van der Waals surface area contributed by atoms with Crippen molar-refractivity contribution in [3.8, 4) is 34.5 Å². The highest BCUT2D eigenvalue weighted by Crippen LogP contribution is 2.31. The van der Waals surface area contributed by atoms with Crippen LogP contribution < -0.4 is 14.2 Å². The average Bonchev–Trinajstić information content (AvgIpc) is 3.88. The normalized spacial score (nSPS) is 11.2. The number of aromatic nitrogens is 5. The summed E-state index contributed by atoms with van der Waals surface area (Å²) in [6, 6.07) is 23.0. The largest absolute Gasteiger partial charge is 0.493 e. The molecule has 0 saturated carbocycles. The highest BCUT2D eigenvalue weighted by molar-refractivity contribution is 5.73. The first-order valence-electron chi connectivity index (χ1n) is 16.4. The van der Waals surface area contributed by atoms with Gasteiger partial charge in [0.25, 0.3) is 0 Å². The number of hydrogen-bond acceptors (Lipinski definition) is 9. The van der Waals surface area contributed by atoms with E-state index in [0.29, 0.717) is 41.3 Å². The van der Waals surface area contributed by atoms with Crippen LogP contribution in [0.2, 0.25) is 0 Å². The van der Waals surface area contributed by atoms with E-state index in [1.54, 1.807) is 18.7 Å². The Bertz CT molecular complexity index is 2060. The molecule has 3 aromatic heterocycles. The van der Waals surface area contributed by atoms with Crippen LogP contribution in [0.3, 0.4) is 0 Å². The van der Waals surface area contributed by atoms with E-state index in [0.717, 1.165) is 40.2 Å². The van der Waals surface area contributed by atoms with Gasteiger partial charge in [-0.3, -0.25) is 4.79 Å². The molecular weight excluding hydrogens is 634 g/mol. The summed E-state index contributed by atoms with van der Waals surface area (Å²) in [7, 11) is 1.60. The smallest absolute Gasteiger partial charge is 0.310 e. The number of aryl methyl sites for hydroxylation is 2. The number of benzene rings is 3. The van der Waals surface area contributed by atoms with Crippen LogP contribution in [0, 0.1) is 6.92 Å². The Hall–Kier alpha value is -6.10. The third-order valence-corrected chi connectivity index (χ3v) is 7.89. The lowest BCUT2D eigenvalue weighted by Gasteiger charge is -2.12. The number of esters is 1. The van der Waals surface area contributed by atoms with Crippen LogP contribution in [-0.2, 0) is 35.7 Å². The number of carbonyl (C=O) groups is 1. The van der Waals surface area contributed by atoms with Gasteiger partial charge in [-0.2, -0.15) is 0 Å². The maximum atomic E-state index is 11.8. The number of methoxy groups -OCH3 is 1. The minimum absolute atomic E-state index is 0.186. The van der Waals surface area contributed by atoms with Gasteiger partial charge < -0.3 is 27.9 Å². The number of ether oxygens (including phenoxy) is 4. The summed E-state index contributed by atoms with van der Waals surface area (Å²) in [6.07, 6.45) is 9.87. The summed E-state index contributed by atoms with van der Waals surface area (Å²) in [6.45, 7) is 7.38. The van der Waals surface area contributed by atoms with E-state index in [1.807, 2.05) is 115 Å². The second-order valence-corrected chi connectivity index (χ2v) is 11.4. The van der Waals surface area contributed by atoms with E-state index in [1.165, 1.54) is 0 Å². The fourth-order valence-electron chi connectivity index (χ4n) is 5.17. The minimum atomic E-state index is -0.257. The molecule has 0 aliphatic rings. The van der Waals surface area contributed by atoms with Crippen LogP contribution in [0.5, 0.6) is 17.4 Å². The molecule has 0 N–H and O–H groups in total. The number of hydrogen-bond donors (Lipinski definition) is 0. The van der Waals surface area contributed by atoms with Crippen molar-refractivity contribution in [2.45, 2.75) is 47.0 Å². The zero-order valence-corrected chi connectivity index (χ0v) is 28.5. The Kier molecular flexibility index (Phi) is 10.7. The molecule has 50 heavy (non-hydrogen) atoms. The molecular formula is C39H39N5O6. The van der Waals surface area contributed by atoms with Crippen molar-refractivity contribution in [2.75, 3.05) is 13.7 Å². The molecule has 0 aliphatic carbocycles. The molecule has 0 spiro atoms. The minimum Gasteiger partial charge on any atom is -0.493 e. The summed E-state index contributed by atoms with van der Waals surface area (Å²) >= 11 is 0. The van der Waals surface area contributed by atoms with E-state index in [-0.39, 0.29) is 25.6 Å². The zero-order valence-electron chi connectivity index (χ0n) is 28.5. The maximum absolute atomic E-state index is 11.8. The van der Waals surface area contributed by atoms with E-state index >= 15 is 0 Å². The van der Waals surface area contributed by atoms with Gasteiger partial charge in [0.05, 0.1) is 43.4 Å². The van der Waals surface area contributed by atoms with Gasteiger partial charge in [-0.25, -0.2) is 14.6 Å². The Morgan fingerprint density at radius 2 is 1.70 bits per heavy atom. The van der Waals surface area contributed by atoms with Gasteiger partial charge >= 0.3 is 5.97 Å². The van der Waals surface area contributed by atoms with Crippen molar-refractivity contribution >= 4 is 18.1 Å². The highest BCUT2D eigenvalue weighted by atomic mass is 16.5. The van der Waals surface area contributed by atoms with Crippen molar-refractivity contribution in [3.05, 3.63) is 125 Å². The summed E-state index contributed by atoms with van der Waals surface area (Å²) < 4.78 is 32.9. The van der Waals surface area contributed by atoms with Crippen molar-refractivity contribution in [2.24, 2.45) is 0 Å². The van der Waals surface area contributed by atoms with E-state index in [2.05, 4.69) is 16.9 Å². The molecule has 11 heteroatoms. The average molecular weight is 674 g/mol. The third kappa shape index (κ3) is 8.30. The van der Waals surface area contributed by atoms with Gasteiger partial charge in [0, 0.05) is 24.5 Å². The van der Waals surface area contributed by atoms with E-state index < -0.39 is 0 Å². The van der Waals surface area contributed by atoms with Crippen LogP contribution in [0.25, 0.3) is 29.3 Å². The number of carbonyl (C=O) groups excluding carboxylic acids is 1. The summed E-state index contributed by atoms with van der Waals surface area (Å²) in [5, 5.41) is 4.73. The van der Waals surface area contributed by atoms with Crippen LogP contribution in [0.1, 0.15) is 47.7 Å². The SMILES string of the molecule is CCOC(=O)Cc1ccc(-c2nc(COc3ccc(COc4nn(-c5ccccc5)cc4C=Cc4cn(CC)cn4)cc3OC)c(C)o2)cc1. The zero-order chi connectivity index (χ0) is 34.9. The van der Waals surface area contributed by atoms with Gasteiger partial charge in [-0.05, 0) is 80.4 Å². The molecule has 256 valence electrons. The number of nitrogens with zero attached hydrogens (tertiary/aromatic N) is 5. The van der Waals surface area contributed by atoms with E-state index in [9.17, 15) is 4.79 Å². The molecule has 0 atom stereocenters. The fraction of sp³-hybridized carbons (Fsp3) is 0.231. The van der Waals surface area contributed by atoms with Crippen LogP contribution in [0.4, 0.5) is 0 Å². The Balaban J connectivity index is 1.12. The predicted molar refractivity (Wildman–Crippen MR) is 189 cm³/mol. The predicted octanol–water partition coefficient (Wildman–Crippen LogP) is 7.49. The first-order valence-corrected chi connectivity index (χ1v) is 16.4. The second kappa shape index (κ2) is 15.9. The molecule has 0 amide bonds. The molecule has 0 saturated heterocycles.